The summed E-state index contributed by atoms with van der Waals surface area (Å²) in [6.07, 6.45) is 46.9. The first-order chi connectivity index (χ1) is 33.8. The van der Waals surface area contributed by atoms with Gasteiger partial charge < -0.3 is 34.6 Å². The van der Waals surface area contributed by atoms with Crippen molar-refractivity contribution >= 4 is 27.6 Å². The van der Waals surface area contributed by atoms with Crippen LogP contribution in [0.3, 0.4) is 0 Å². The number of rotatable bonds is 53. The van der Waals surface area contributed by atoms with Gasteiger partial charge in [-0.3, -0.25) is 27.7 Å². The van der Waals surface area contributed by atoms with Crippen molar-refractivity contribution in [1.29, 1.82) is 0 Å². The van der Waals surface area contributed by atoms with Crippen LogP contribution in [0.25, 0.3) is 0 Å². The molecule has 0 aromatic heterocycles. The van der Waals surface area contributed by atoms with Crippen LogP contribution in [0.15, 0.2) is 36.5 Å². The van der Waals surface area contributed by atoms with Gasteiger partial charge in [0.25, 0.3) is 0 Å². The van der Waals surface area contributed by atoms with Gasteiger partial charge >= 0.3 is 27.6 Å². The zero-order valence-electron chi connectivity index (χ0n) is 43.7. The molecule has 0 saturated heterocycles. The van der Waals surface area contributed by atoms with E-state index in [2.05, 4.69) is 59.4 Å². The second kappa shape index (κ2) is 49.5. The number of esters is 2. The summed E-state index contributed by atoms with van der Waals surface area (Å²) >= 11 is 0. The molecule has 0 fully saturated rings. The molecule has 0 spiro atoms. The minimum atomic E-state index is -4.79. The molecule has 0 rings (SSSR count). The molecule has 15 nitrogen and oxygen atoms in total. The van der Waals surface area contributed by atoms with Crippen molar-refractivity contribution < 1.29 is 71.4 Å². The highest BCUT2D eigenvalue weighted by Gasteiger charge is 2.28. The third-order valence-corrected chi connectivity index (χ3v) is 13.5. The Balaban J connectivity index is 3.83. The molecule has 0 aromatic carbocycles. The number of carbonyl (C=O) groups is 2. The molecule has 0 radical (unpaired) electrons. The summed E-state index contributed by atoms with van der Waals surface area (Å²) < 4.78 is 53.2. The first-order valence-corrected chi connectivity index (χ1v) is 30.3. The van der Waals surface area contributed by atoms with Crippen LogP contribution in [-0.4, -0.2) is 95.0 Å². The maximum atomic E-state index is 12.2. The van der Waals surface area contributed by atoms with E-state index in [4.69, 9.17) is 18.5 Å². The molecule has 0 aliphatic carbocycles. The van der Waals surface area contributed by atoms with Crippen molar-refractivity contribution in [1.82, 2.24) is 0 Å². The molecule has 0 amide bonds. The first kappa shape index (κ1) is 68.3. The van der Waals surface area contributed by atoms with Crippen molar-refractivity contribution in [2.24, 2.45) is 0 Å². The van der Waals surface area contributed by atoms with Crippen LogP contribution in [0.5, 0.6) is 0 Å². The summed E-state index contributed by atoms with van der Waals surface area (Å²) in [5.41, 5.74) is 0. The van der Waals surface area contributed by atoms with E-state index in [1.165, 1.54) is 128 Å². The summed E-state index contributed by atoms with van der Waals surface area (Å²) in [4.78, 5) is 43.9. The van der Waals surface area contributed by atoms with Gasteiger partial charge in [-0.05, 0) is 51.4 Å². The Morgan fingerprint density at radius 2 is 0.614 bits per heavy atom. The Hall–Kier alpha value is -1.74. The minimum absolute atomic E-state index is 0.188. The van der Waals surface area contributed by atoms with E-state index in [9.17, 15) is 43.8 Å². The molecule has 412 valence electrons. The van der Waals surface area contributed by atoms with E-state index in [1.54, 1.807) is 0 Å². The fraction of sp³-hybridized carbons (Fsp3) is 0.849. The third-order valence-electron chi connectivity index (χ3n) is 11.6. The Bertz CT molecular complexity index is 1390. The quantitative estimate of drug-likeness (QED) is 0.0165. The fourth-order valence-electron chi connectivity index (χ4n) is 7.34. The van der Waals surface area contributed by atoms with Crippen molar-refractivity contribution in [2.75, 3.05) is 39.6 Å². The predicted octanol–water partition coefficient (Wildman–Crippen LogP) is 13.4. The number of carbonyl (C=O) groups excluding carboxylic acids is 2. The molecule has 0 aliphatic heterocycles. The number of aliphatic hydroxyl groups is 3. The standard InChI is InChI=1S/C53H100O15P2/c1-3-5-7-9-11-13-15-17-19-21-22-23-24-26-28-30-32-34-36-38-40-42-53(58)64-44-50(55)46-66-70(61,62)68-48-51(56)47-67-69(59,60)65-45-49(54)43-63-52(57)41-39-37-35-33-31-29-27-25-20-18-16-14-12-10-8-6-4-2/h11,13,17,19,22-23,49-51,54-56H,3-10,12,14-16,18,20-21,24-48H2,1-2H3,(H,59,60)(H,61,62)/b13-11-,19-17-,23-22-. The average molecular weight is 1040 g/mol. The molecule has 0 bridgehead atoms. The second-order valence-corrected chi connectivity index (χ2v) is 21.5. The molecule has 0 heterocycles. The van der Waals surface area contributed by atoms with Crippen LogP contribution in [0.2, 0.25) is 0 Å². The Labute approximate surface area is 424 Å². The molecule has 0 aromatic rings. The lowest BCUT2D eigenvalue weighted by molar-refractivity contribution is -0.148. The van der Waals surface area contributed by atoms with Crippen molar-refractivity contribution in [2.45, 2.75) is 250 Å². The van der Waals surface area contributed by atoms with Crippen LogP contribution in [0.1, 0.15) is 232 Å². The zero-order valence-corrected chi connectivity index (χ0v) is 45.5. The summed E-state index contributed by atoms with van der Waals surface area (Å²) in [5, 5.41) is 30.1. The van der Waals surface area contributed by atoms with Crippen molar-refractivity contribution in [3.8, 4) is 0 Å². The third kappa shape index (κ3) is 51.2. The molecule has 17 heteroatoms. The maximum Gasteiger partial charge on any atom is 0.472 e. The van der Waals surface area contributed by atoms with Gasteiger partial charge in [0, 0.05) is 12.8 Å². The highest BCUT2D eigenvalue weighted by molar-refractivity contribution is 7.47. The van der Waals surface area contributed by atoms with E-state index in [0.29, 0.717) is 12.8 Å². The lowest BCUT2D eigenvalue weighted by Crippen LogP contribution is -2.25. The van der Waals surface area contributed by atoms with Crippen molar-refractivity contribution in [3.05, 3.63) is 36.5 Å². The molecular formula is C53H100O15P2. The van der Waals surface area contributed by atoms with Gasteiger partial charge in [0.1, 0.15) is 31.5 Å². The Morgan fingerprint density at radius 3 is 0.943 bits per heavy atom. The van der Waals surface area contributed by atoms with E-state index in [-0.39, 0.29) is 12.8 Å². The number of ether oxygens (including phenoxy) is 2. The summed E-state index contributed by atoms with van der Waals surface area (Å²) in [6, 6.07) is 0. The molecule has 70 heavy (non-hydrogen) atoms. The summed E-state index contributed by atoms with van der Waals surface area (Å²) in [6.45, 7) is 0.432. The van der Waals surface area contributed by atoms with Gasteiger partial charge in [-0.2, -0.15) is 0 Å². The Kier molecular flexibility index (Phi) is 48.2. The Morgan fingerprint density at radius 1 is 0.371 bits per heavy atom. The molecule has 5 unspecified atom stereocenters. The van der Waals surface area contributed by atoms with Gasteiger partial charge in [0.05, 0.1) is 26.4 Å². The van der Waals surface area contributed by atoms with Gasteiger partial charge in [0.2, 0.25) is 0 Å². The van der Waals surface area contributed by atoms with Crippen LogP contribution >= 0.6 is 15.6 Å². The van der Waals surface area contributed by atoms with Crippen molar-refractivity contribution in [3.63, 3.8) is 0 Å². The van der Waals surface area contributed by atoms with E-state index < -0.39 is 85.5 Å². The fourth-order valence-corrected chi connectivity index (χ4v) is 8.93. The van der Waals surface area contributed by atoms with E-state index in [0.717, 1.165) is 64.2 Å². The zero-order chi connectivity index (χ0) is 51.7. The van der Waals surface area contributed by atoms with Crippen LogP contribution in [0, 0.1) is 0 Å². The van der Waals surface area contributed by atoms with Gasteiger partial charge in [0.15, 0.2) is 0 Å². The highest BCUT2D eigenvalue weighted by atomic mass is 31.2. The SMILES string of the molecule is CCCCC/C=C\C/C=C\C/C=C\CCCCCCCCCCC(=O)OCC(O)COP(=O)(O)OCC(O)COP(=O)(O)OCC(O)COC(=O)CCCCCCCCCCCCCCCCCCC. The largest absolute Gasteiger partial charge is 0.472 e. The molecule has 0 saturated carbocycles. The predicted molar refractivity (Wildman–Crippen MR) is 279 cm³/mol. The number of hydrogen-bond acceptors (Lipinski definition) is 13. The topological polar surface area (TPSA) is 225 Å². The number of unbranched alkanes of at least 4 members (excludes halogenated alkanes) is 27. The smallest absolute Gasteiger partial charge is 0.463 e. The summed E-state index contributed by atoms with van der Waals surface area (Å²) in [5.74, 6) is -0.994. The summed E-state index contributed by atoms with van der Waals surface area (Å²) in [7, 11) is -9.58. The lowest BCUT2D eigenvalue weighted by atomic mass is 10.0. The van der Waals surface area contributed by atoms with Crippen LogP contribution < -0.4 is 0 Å². The molecule has 5 atom stereocenters. The maximum absolute atomic E-state index is 12.2. The number of phosphoric acid groups is 2. The lowest BCUT2D eigenvalue weighted by Gasteiger charge is -2.19. The molecule has 5 N–H and O–H groups in total. The van der Waals surface area contributed by atoms with E-state index >= 15 is 0 Å². The normalized spacial score (nSPS) is 15.1. The minimum Gasteiger partial charge on any atom is -0.463 e. The van der Waals surface area contributed by atoms with Crippen LogP contribution in [0.4, 0.5) is 0 Å². The highest BCUT2D eigenvalue weighted by Crippen LogP contribution is 2.45. The van der Waals surface area contributed by atoms with Gasteiger partial charge in [-0.25, -0.2) is 9.13 Å². The number of aliphatic hydroxyl groups excluding tert-OH is 3. The van der Waals surface area contributed by atoms with Gasteiger partial charge in [-0.1, -0.05) is 204 Å². The van der Waals surface area contributed by atoms with Crippen LogP contribution in [-0.2, 0) is 46.3 Å². The molecule has 0 aliphatic rings. The number of hydrogen-bond donors (Lipinski definition) is 5. The second-order valence-electron chi connectivity index (χ2n) is 18.6. The number of phosphoric ester groups is 2. The van der Waals surface area contributed by atoms with Gasteiger partial charge in [-0.15, -0.1) is 0 Å². The first-order valence-electron chi connectivity index (χ1n) is 27.3. The molecular weight excluding hydrogens is 939 g/mol. The number of allylic oxidation sites excluding steroid dienone is 6. The average Bonchev–Trinajstić information content (AvgIpc) is 3.34. The van der Waals surface area contributed by atoms with E-state index in [1.807, 2.05) is 0 Å². The monoisotopic (exact) mass is 1040 g/mol.